The van der Waals surface area contributed by atoms with Crippen molar-refractivity contribution in [2.45, 2.75) is 19.3 Å². The van der Waals surface area contributed by atoms with Crippen LogP contribution in [0.25, 0.3) is 0 Å². The van der Waals surface area contributed by atoms with E-state index in [4.69, 9.17) is 16.3 Å². The van der Waals surface area contributed by atoms with Crippen molar-refractivity contribution in [1.82, 2.24) is 9.97 Å². The molecule has 1 aliphatic heterocycles. The molecule has 0 spiro atoms. The third-order valence-corrected chi connectivity index (χ3v) is 3.40. The highest BCUT2D eigenvalue weighted by atomic mass is 35.5. The van der Waals surface area contributed by atoms with Crippen LogP contribution in [-0.2, 0) is 4.74 Å². The van der Waals surface area contributed by atoms with Gasteiger partial charge in [-0.3, -0.25) is 0 Å². The van der Waals surface area contributed by atoms with Gasteiger partial charge >= 0.3 is 0 Å². The van der Waals surface area contributed by atoms with E-state index in [-0.39, 0.29) is 0 Å². The Balaban J connectivity index is 1.82. The van der Waals surface area contributed by atoms with Crippen molar-refractivity contribution in [3.8, 4) is 0 Å². The SMILES string of the molecule is CN(CCC1CCOCC1)c1ccnc(Cl)n1. The predicted molar refractivity (Wildman–Crippen MR) is 68.5 cm³/mol. The molecule has 0 saturated carbocycles. The Morgan fingerprint density at radius 1 is 1.47 bits per heavy atom. The van der Waals surface area contributed by atoms with Gasteiger partial charge in [0.05, 0.1) is 0 Å². The van der Waals surface area contributed by atoms with Gasteiger partial charge in [0, 0.05) is 33.0 Å². The maximum atomic E-state index is 5.77. The molecule has 5 heteroatoms. The molecule has 94 valence electrons. The van der Waals surface area contributed by atoms with Crippen LogP contribution < -0.4 is 4.90 Å². The third kappa shape index (κ3) is 3.82. The van der Waals surface area contributed by atoms with Crippen molar-refractivity contribution >= 4 is 17.4 Å². The molecule has 0 amide bonds. The predicted octanol–water partition coefficient (Wildman–Crippen LogP) is 2.38. The molecule has 2 rings (SSSR count). The summed E-state index contributed by atoms with van der Waals surface area (Å²) < 4.78 is 5.36. The molecule has 0 unspecified atom stereocenters. The summed E-state index contributed by atoms with van der Waals surface area (Å²) in [7, 11) is 2.04. The molecule has 2 heterocycles. The number of ether oxygens (including phenoxy) is 1. The molecule has 0 bridgehead atoms. The normalized spacial score (nSPS) is 17.1. The summed E-state index contributed by atoms with van der Waals surface area (Å²) in [6.07, 6.45) is 5.23. The molecule has 1 aromatic heterocycles. The highest BCUT2D eigenvalue weighted by Crippen LogP contribution is 2.20. The number of halogens is 1. The Morgan fingerprint density at radius 3 is 2.94 bits per heavy atom. The van der Waals surface area contributed by atoms with Gasteiger partial charge in [-0.15, -0.1) is 0 Å². The van der Waals surface area contributed by atoms with E-state index in [0.29, 0.717) is 5.28 Å². The maximum Gasteiger partial charge on any atom is 0.224 e. The average Bonchev–Trinajstić information content (AvgIpc) is 2.37. The van der Waals surface area contributed by atoms with Crippen LogP contribution in [0.5, 0.6) is 0 Å². The van der Waals surface area contributed by atoms with E-state index in [1.54, 1.807) is 6.20 Å². The second kappa shape index (κ2) is 6.17. The molecule has 1 aromatic rings. The minimum absolute atomic E-state index is 0.306. The van der Waals surface area contributed by atoms with Gasteiger partial charge in [0.25, 0.3) is 0 Å². The van der Waals surface area contributed by atoms with Crippen LogP contribution in [0.15, 0.2) is 12.3 Å². The van der Waals surface area contributed by atoms with E-state index in [2.05, 4.69) is 14.9 Å². The summed E-state index contributed by atoms with van der Waals surface area (Å²) in [5.41, 5.74) is 0. The Morgan fingerprint density at radius 2 is 2.24 bits per heavy atom. The first-order valence-corrected chi connectivity index (χ1v) is 6.41. The van der Waals surface area contributed by atoms with Crippen LogP contribution in [0.3, 0.4) is 0 Å². The molecular formula is C12H18ClN3O. The van der Waals surface area contributed by atoms with Crippen LogP contribution in [0, 0.1) is 5.92 Å². The third-order valence-electron chi connectivity index (χ3n) is 3.22. The summed E-state index contributed by atoms with van der Waals surface area (Å²) in [5, 5.41) is 0.306. The van der Waals surface area contributed by atoms with Gasteiger partial charge in [0.1, 0.15) is 5.82 Å². The standard InChI is InChI=1S/C12H18ClN3O/c1-16(11-2-6-14-12(13)15-11)7-3-10-4-8-17-9-5-10/h2,6,10H,3-5,7-9H2,1H3. The summed E-state index contributed by atoms with van der Waals surface area (Å²) in [5.74, 6) is 1.67. The molecule has 1 saturated heterocycles. The topological polar surface area (TPSA) is 38.2 Å². The van der Waals surface area contributed by atoms with Crippen molar-refractivity contribution in [2.75, 3.05) is 31.7 Å². The lowest BCUT2D eigenvalue weighted by Gasteiger charge is -2.25. The van der Waals surface area contributed by atoms with Crippen LogP contribution in [0.4, 0.5) is 5.82 Å². The highest BCUT2D eigenvalue weighted by molar-refractivity contribution is 6.28. The first-order chi connectivity index (χ1) is 8.25. The monoisotopic (exact) mass is 255 g/mol. The molecule has 1 fully saturated rings. The summed E-state index contributed by atoms with van der Waals surface area (Å²) in [6.45, 7) is 2.82. The van der Waals surface area contributed by atoms with Gasteiger partial charge in [-0.25, -0.2) is 9.97 Å². The van der Waals surface area contributed by atoms with Crippen molar-refractivity contribution in [3.05, 3.63) is 17.5 Å². The van der Waals surface area contributed by atoms with Crippen molar-refractivity contribution in [3.63, 3.8) is 0 Å². The Hall–Kier alpha value is -0.870. The van der Waals surface area contributed by atoms with Gasteiger partial charge < -0.3 is 9.64 Å². The van der Waals surface area contributed by atoms with E-state index >= 15 is 0 Å². The van der Waals surface area contributed by atoms with Crippen LogP contribution in [0.1, 0.15) is 19.3 Å². The molecule has 0 atom stereocenters. The summed E-state index contributed by atoms with van der Waals surface area (Å²) >= 11 is 5.77. The smallest absolute Gasteiger partial charge is 0.224 e. The lowest BCUT2D eigenvalue weighted by molar-refractivity contribution is 0.0645. The van der Waals surface area contributed by atoms with Crippen molar-refractivity contribution in [2.24, 2.45) is 5.92 Å². The summed E-state index contributed by atoms with van der Waals surface area (Å²) in [6, 6.07) is 1.88. The zero-order chi connectivity index (χ0) is 12.1. The minimum atomic E-state index is 0.306. The highest BCUT2D eigenvalue weighted by Gasteiger charge is 2.14. The van der Waals surface area contributed by atoms with Gasteiger partial charge in [-0.1, -0.05) is 0 Å². The molecule has 17 heavy (non-hydrogen) atoms. The first-order valence-electron chi connectivity index (χ1n) is 6.03. The van der Waals surface area contributed by atoms with Crippen LogP contribution in [0.2, 0.25) is 5.28 Å². The quantitative estimate of drug-likeness (QED) is 0.775. The lowest BCUT2D eigenvalue weighted by Crippen LogP contribution is -2.24. The number of anilines is 1. The summed E-state index contributed by atoms with van der Waals surface area (Å²) in [4.78, 5) is 10.2. The maximum absolute atomic E-state index is 5.77. The largest absolute Gasteiger partial charge is 0.381 e. The Labute approximate surface area is 107 Å². The molecule has 1 aliphatic rings. The first kappa shape index (κ1) is 12.6. The van der Waals surface area contributed by atoms with Crippen LogP contribution >= 0.6 is 11.6 Å². The van der Waals surface area contributed by atoms with Gasteiger partial charge in [-0.05, 0) is 42.8 Å². The van der Waals surface area contributed by atoms with E-state index in [9.17, 15) is 0 Å². The Bertz CT molecular complexity index is 355. The minimum Gasteiger partial charge on any atom is -0.381 e. The zero-order valence-electron chi connectivity index (χ0n) is 10.1. The number of nitrogens with zero attached hydrogens (tertiary/aromatic N) is 3. The Kier molecular flexibility index (Phi) is 4.57. The average molecular weight is 256 g/mol. The van der Waals surface area contributed by atoms with Gasteiger partial charge in [-0.2, -0.15) is 0 Å². The number of hydrogen-bond donors (Lipinski definition) is 0. The fourth-order valence-electron chi connectivity index (χ4n) is 2.06. The second-order valence-corrected chi connectivity index (χ2v) is 4.79. The number of rotatable bonds is 4. The van der Waals surface area contributed by atoms with Gasteiger partial charge in [0.15, 0.2) is 0 Å². The van der Waals surface area contributed by atoms with Crippen molar-refractivity contribution < 1.29 is 4.74 Å². The number of hydrogen-bond acceptors (Lipinski definition) is 4. The van der Waals surface area contributed by atoms with E-state index in [0.717, 1.165) is 31.5 Å². The van der Waals surface area contributed by atoms with Gasteiger partial charge in [0.2, 0.25) is 5.28 Å². The van der Waals surface area contributed by atoms with Crippen LogP contribution in [-0.4, -0.2) is 36.8 Å². The fraction of sp³-hybridized carbons (Fsp3) is 0.667. The van der Waals surface area contributed by atoms with Crippen molar-refractivity contribution in [1.29, 1.82) is 0 Å². The second-order valence-electron chi connectivity index (χ2n) is 4.45. The molecule has 0 aromatic carbocycles. The molecule has 0 aliphatic carbocycles. The molecule has 0 N–H and O–H groups in total. The van der Waals surface area contributed by atoms with E-state index < -0.39 is 0 Å². The van der Waals surface area contributed by atoms with E-state index in [1.165, 1.54) is 19.3 Å². The fourth-order valence-corrected chi connectivity index (χ4v) is 2.21. The molecular weight excluding hydrogens is 238 g/mol. The number of aromatic nitrogens is 2. The molecule has 0 radical (unpaired) electrons. The molecule has 4 nitrogen and oxygen atoms in total. The zero-order valence-corrected chi connectivity index (χ0v) is 10.9. The van der Waals surface area contributed by atoms with E-state index in [1.807, 2.05) is 13.1 Å². The lowest BCUT2D eigenvalue weighted by atomic mass is 9.96.